The molecule has 0 unspecified atom stereocenters. The molecule has 0 saturated heterocycles. The number of hydrogen-bond acceptors (Lipinski definition) is 2. The van der Waals surface area contributed by atoms with Crippen molar-refractivity contribution in [2.24, 2.45) is 5.73 Å². The Hall–Kier alpha value is -2.21. The van der Waals surface area contributed by atoms with E-state index in [0.717, 1.165) is 11.6 Å². The molecule has 2 aromatic rings. The summed E-state index contributed by atoms with van der Waals surface area (Å²) in [7, 11) is 0. The van der Waals surface area contributed by atoms with Gasteiger partial charge in [0.25, 0.3) is 11.8 Å². The number of carbonyl (C=O) groups excluding carboxylic acids is 2. The number of halogens is 2. The number of benzene rings is 2. The molecule has 108 valence electrons. The molecule has 0 aliphatic heterocycles. The first kappa shape index (κ1) is 15.2. The van der Waals surface area contributed by atoms with Crippen LogP contribution < -0.4 is 11.1 Å². The molecule has 6 heteroatoms. The molecular weight excluding hydrogens is 339 g/mol. The van der Waals surface area contributed by atoms with Gasteiger partial charge in [-0.2, -0.15) is 0 Å². The summed E-state index contributed by atoms with van der Waals surface area (Å²) < 4.78 is 13.3. The number of hydrogen-bond donors (Lipinski definition) is 2. The lowest BCUT2D eigenvalue weighted by Gasteiger charge is -2.07. The minimum absolute atomic E-state index is 0.262. The van der Waals surface area contributed by atoms with Crippen LogP contribution in [0.15, 0.2) is 42.5 Å². The van der Waals surface area contributed by atoms with Gasteiger partial charge in [-0.15, -0.1) is 0 Å². The quantitative estimate of drug-likeness (QED) is 0.831. The Labute approximate surface area is 129 Å². The average Bonchev–Trinajstić information content (AvgIpc) is 2.49. The van der Waals surface area contributed by atoms with E-state index in [1.165, 1.54) is 12.1 Å². The summed E-state index contributed by atoms with van der Waals surface area (Å²) >= 11 is 3.32. The number of alkyl halides is 1. The van der Waals surface area contributed by atoms with Crippen LogP contribution in [0.1, 0.15) is 26.3 Å². The van der Waals surface area contributed by atoms with Crippen molar-refractivity contribution in [1.29, 1.82) is 0 Å². The molecule has 0 radical (unpaired) electrons. The molecule has 0 atom stereocenters. The van der Waals surface area contributed by atoms with Gasteiger partial charge in [-0.1, -0.05) is 28.1 Å². The van der Waals surface area contributed by atoms with E-state index in [9.17, 15) is 14.0 Å². The van der Waals surface area contributed by atoms with Crippen molar-refractivity contribution in [3.8, 4) is 0 Å². The molecule has 0 saturated carbocycles. The summed E-state index contributed by atoms with van der Waals surface area (Å²) in [5.41, 5.74) is 6.61. The van der Waals surface area contributed by atoms with E-state index in [1.807, 2.05) is 12.1 Å². The van der Waals surface area contributed by atoms with Gasteiger partial charge in [0.2, 0.25) is 0 Å². The van der Waals surface area contributed by atoms with Crippen LogP contribution in [0.4, 0.5) is 10.1 Å². The molecule has 0 fully saturated rings. The van der Waals surface area contributed by atoms with Crippen LogP contribution in [0.5, 0.6) is 0 Å². The van der Waals surface area contributed by atoms with Crippen LogP contribution >= 0.6 is 15.9 Å². The van der Waals surface area contributed by atoms with Crippen LogP contribution in [0, 0.1) is 5.82 Å². The summed E-state index contributed by atoms with van der Waals surface area (Å²) in [6.45, 7) is 0. The molecule has 2 rings (SSSR count). The van der Waals surface area contributed by atoms with Gasteiger partial charge < -0.3 is 11.1 Å². The van der Waals surface area contributed by atoms with E-state index in [-0.39, 0.29) is 11.5 Å². The maximum absolute atomic E-state index is 13.3. The van der Waals surface area contributed by atoms with Crippen molar-refractivity contribution in [2.75, 3.05) is 5.32 Å². The first-order valence-corrected chi connectivity index (χ1v) is 7.19. The zero-order chi connectivity index (χ0) is 15.4. The van der Waals surface area contributed by atoms with Crippen molar-refractivity contribution in [3.05, 3.63) is 65.0 Å². The van der Waals surface area contributed by atoms with Crippen LogP contribution in [-0.2, 0) is 5.33 Å². The number of nitrogens with two attached hydrogens (primary N) is 1. The number of amides is 2. The summed E-state index contributed by atoms with van der Waals surface area (Å²) in [4.78, 5) is 23.1. The highest BCUT2D eigenvalue weighted by Crippen LogP contribution is 2.16. The Morgan fingerprint density at radius 2 is 1.81 bits per heavy atom. The van der Waals surface area contributed by atoms with Crippen LogP contribution in [-0.4, -0.2) is 11.8 Å². The molecule has 4 nitrogen and oxygen atoms in total. The summed E-state index contributed by atoms with van der Waals surface area (Å²) in [5.74, 6) is -1.95. The molecule has 0 aromatic heterocycles. The summed E-state index contributed by atoms with van der Waals surface area (Å²) in [6.07, 6.45) is 0. The monoisotopic (exact) mass is 350 g/mol. The van der Waals surface area contributed by atoms with Gasteiger partial charge in [0.1, 0.15) is 5.82 Å². The largest absolute Gasteiger partial charge is 0.366 e. The Morgan fingerprint density at radius 1 is 1.14 bits per heavy atom. The fraction of sp³-hybridized carbons (Fsp3) is 0.0667. The van der Waals surface area contributed by atoms with Crippen molar-refractivity contribution >= 4 is 33.4 Å². The second kappa shape index (κ2) is 6.49. The molecule has 21 heavy (non-hydrogen) atoms. The second-order valence-corrected chi connectivity index (χ2v) is 4.90. The molecule has 0 spiro atoms. The lowest BCUT2D eigenvalue weighted by molar-refractivity contribution is 0.0992. The first-order chi connectivity index (χ1) is 10.0. The third-order valence-electron chi connectivity index (χ3n) is 2.86. The SMILES string of the molecule is NC(=O)c1cc(NC(=O)c2ccc(CBr)cc2)ccc1F. The van der Waals surface area contributed by atoms with Crippen molar-refractivity contribution in [2.45, 2.75) is 5.33 Å². The van der Waals surface area contributed by atoms with Crippen molar-refractivity contribution in [3.63, 3.8) is 0 Å². The minimum Gasteiger partial charge on any atom is -0.366 e. The smallest absolute Gasteiger partial charge is 0.255 e. The topological polar surface area (TPSA) is 72.2 Å². The zero-order valence-corrected chi connectivity index (χ0v) is 12.5. The van der Waals surface area contributed by atoms with E-state index < -0.39 is 11.7 Å². The third kappa shape index (κ3) is 3.66. The Kier molecular flexibility index (Phi) is 4.70. The molecule has 0 bridgehead atoms. The Bertz CT molecular complexity index is 687. The zero-order valence-electron chi connectivity index (χ0n) is 10.9. The molecule has 2 aromatic carbocycles. The minimum atomic E-state index is -0.884. The van der Waals surface area contributed by atoms with Gasteiger partial charge in [-0.3, -0.25) is 9.59 Å². The van der Waals surface area contributed by atoms with Crippen molar-refractivity contribution < 1.29 is 14.0 Å². The van der Waals surface area contributed by atoms with Crippen LogP contribution in [0.2, 0.25) is 0 Å². The standard InChI is InChI=1S/C15H12BrFN2O2/c16-8-9-1-3-10(4-2-9)15(21)19-11-5-6-13(17)12(7-11)14(18)20/h1-7H,8H2,(H2,18,20)(H,19,21). The summed E-state index contributed by atoms with van der Waals surface area (Å²) in [5, 5.41) is 3.30. The highest BCUT2D eigenvalue weighted by atomic mass is 79.9. The Balaban J connectivity index is 2.19. The van der Waals surface area contributed by atoms with Gasteiger partial charge >= 0.3 is 0 Å². The highest BCUT2D eigenvalue weighted by molar-refractivity contribution is 9.08. The first-order valence-electron chi connectivity index (χ1n) is 6.07. The van der Waals surface area contributed by atoms with Gasteiger partial charge in [-0.25, -0.2) is 4.39 Å². The normalized spacial score (nSPS) is 10.2. The van der Waals surface area contributed by atoms with E-state index in [0.29, 0.717) is 16.6 Å². The molecule has 3 N–H and O–H groups in total. The van der Waals surface area contributed by atoms with E-state index in [1.54, 1.807) is 12.1 Å². The molecule has 0 aliphatic carbocycles. The maximum Gasteiger partial charge on any atom is 0.255 e. The summed E-state index contributed by atoms with van der Waals surface area (Å²) in [6, 6.07) is 10.7. The average molecular weight is 351 g/mol. The molecular formula is C15H12BrFN2O2. The van der Waals surface area contributed by atoms with Crippen molar-refractivity contribution in [1.82, 2.24) is 0 Å². The number of primary amides is 1. The maximum atomic E-state index is 13.3. The third-order valence-corrected chi connectivity index (χ3v) is 3.51. The fourth-order valence-corrected chi connectivity index (χ4v) is 2.11. The van der Waals surface area contributed by atoms with Gasteiger partial charge in [0.05, 0.1) is 5.56 Å². The van der Waals surface area contributed by atoms with E-state index >= 15 is 0 Å². The number of carbonyl (C=O) groups is 2. The van der Waals surface area contributed by atoms with Gasteiger partial charge in [0, 0.05) is 16.6 Å². The predicted molar refractivity (Wildman–Crippen MR) is 81.9 cm³/mol. The molecule has 0 aliphatic rings. The number of anilines is 1. The fourth-order valence-electron chi connectivity index (χ4n) is 1.74. The lowest BCUT2D eigenvalue weighted by atomic mass is 10.1. The Morgan fingerprint density at radius 3 is 2.38 bits per heavy atom. The number of nitrogens with one attached hydrogen (secondary N) is 1. The van der Waals surface area contributed by atoms with Crippen LogP contribution in [0.25, 0.3) is 0 Å². The van der Waals surface area contributed by atoms with Crippen LogP contribution in [0.3, 0.4) is 0 Å². The lowest BCUT2D eigenvalue weighted by Crippen LogP contribution is -2.16. The molecule has 2 amide bonds. The van der Waals surface area contributed by atoms with E-state index in [2.05, 4.69) is 21.2 Å². The second-order valence-electron chi connectivity index (χ2n) is 4.34. The van der Waals surface area contributed by atoms with Gasteiger partial charge in [-0.05, 0) is 35.9 Å². The number of rotatable bonds is 4. The highest BCUT2D eigenvalue weighted by Gasteiger charge is 2.11. The molecule has 0 heterocycles. The van der Waals surface area contributed by atoms with E-state index in [4.69, 9.17) is 5.73 Å². The van der Waals surface area contributed by atoms with Gasteiger partial charge in [0.15, 0.2) is 0 Å². The predicted octanol–water partition coefficient (Wildman–Crippen LogP) is 3.07.